The highest BCUT2D eigenvalue weighted by Gasteiger charge is 1.97. The standard InChI is InChI=1S/C8H7IN2/c1-5-2-6-3-7(9)11-8(6)10-4-5/h2-4H,1H3,(H,10,11). The highest BCUT2D eigenvalue weighted by Crippen LogP contribution is 2.15. The maximum Gasteiger partial charge on any atom is 0.138 e. The highest BCUT2D eigenvalue weighted by atomic mass is 127. The molecule has 2 aromatic rings. The van der Waals surface area contributed by atoms with Gasteiger partial charge in [-0.15, -0.1) is 0 Å². The first kappa shape index (κ1) is 7.09. The Morgan fingerprint density at radius 3 is 3.09 bits per heavy atom. The zero-order chi connectivity index (χ0) is 7.84. The zero-order valence-corrected chi connectivity index (χ0v) is 8.21. The maximum atomic E-state index is 4.24. The van der Waals surface area contributed by atoms with E-state index in [1.165, 1.54) is 10.9 Å². The van der Waals surface area contributed by atoms with Crippen molar-refractivity contribution >= 4 is 33.6 Å². The summed E-state index contributed by atoms with van der Waals surface area (Å²) in [4.78, 5) is 7.40. The fourth-order valence-corrected chi connectivity index (χ4v) is 1.68. The van der Waals surface area contributed by atoms with Gasteiger partial charge < -0.3 is 4.98 Å². The number of aromatic nitrogens is 2. The third-order valence-corrected chi connectivity index (χ3v) is 2.16. The van der Waals surface area contributed by atoms with Gasteiger partial charge in [0, 0.05) is 11.6 Å². The molecule has 0 amide bonds. The van der Waals surface area contributed by atoms with Crippen LogP contribution in [-0.4, -0.2) is 9.97 Å². The normalized spacial score (nSPS) is 10.7. The van der Waals surface area contributed by atoms with Gasteiger partial charge in [0.25, 0.3) is 0 Å². The van der Waals surface area contributed by atoms with Crippen LogP contribution >= 0.6 is 22.6 Å². The maximum absolute atomic E-state index is 4.24. The van der Waals surface area contributed by atoms with E-state index in [2.05, 4.69) is 44.7 Å². The Morgan fingerprint density at radius 1 is 1.45 bits per heavy atom. The van der Waals surface area contributed by atoms with Crippen LogP contribution in [-0.2, 0) is 0 Å². The molecule has 3 heteroatoms. The lowest BCUT2D eigenvalue weighted by Crippen LogP contribution is -1.77. The molecule has 0 atom stereocenters. The van der Waals surface area contributed by atoms with E-state index in [-0.39, 0.29) is 0 Å². The Morgan fingerprint density at radius 2 is 2.27 bits per heavy atom. The van der Waals surface area contributed by atoms with E-state index in [1.807, 2.05) is 13.1 Å². The summed E-state index contributed by atoms with van der Waals surface area (Å²) < 4.78 is 1.13. The minimum Gasteiger partial charge on any atom is -0.335 e. The molecule has 0 aliphatic carbocycles. The molecule has 0 aliphatic rings. The first-order valence-corrected chi connectivity index (χ1v) is 4.44. The van der Waals surface area contributed by atoms with Crippen molar-refractivity contribution in [1.29, 1.82) is 0 Å². The molecule has 11 heavy (non-hydrogen) atoms. The van der Waals surface area contributed by atoms with Crippen molar-refractivity contribution in [2.45, 2.75) is 6.92 Å². The molecule has 1 N–H and O–H groups in total. The molecule has 2 heterocycles. The van der Waals surface area contributed by atoms with Gasteiger partial charge in [0.2, 0.25) is 0 Å². The molecule has 0 aliphatic heterocycles. The van der Waals surface area contributed by atoms with Crippen molar-refractivity contribution in [2.75, 3.05) is 0 Å². The van der Waals surface area contributed by atoms with Crippen molar-refractivity contribution in [3.05, 3.63) is 27.6 Å². The Kier molecular flexibility index (Phi) is 1.60. The summed E-state index contributed by atoms with van der Waals surface area (Å²) in [6.45, 7) is 2.05. The summed E-state index contributed by atoms with van der Waals surface area (Å²) in [5.41, 5.74) is 2.17. The molecule has 0 saturated carbocycles. The largest absolute Gasteiger partial charge is 0.335 e. The highest BCUT2D eigenvalue weighted by molar-refractivity contribution is 14.1. The molecule has 0 aromatic carbocycles. The van der Waals surface area contributed by atoms with Crippen LogP contribution in [0.2, 0.25) is 0 Å². The summed E-state index contributed by atoms with van der Waals surface area (Å²) in [5, 5.41) is 1.19. The Labute approximate surface area is 78.2 Å². The van der Waals surface area contributed by atoms with Crippen LogP contribution in [0, 0.1) is 10.6 Å². The Hall–Kier alpha value is -0.580. The quantitative estimate of drug-likeness (QED) is 0.722. The number of aryl methyl sites for hydroxylation is 1. The third-order valence-electron chi connectivity index (χ3n) is 1.57. The van der Waals surface area contributed by atoms with Crippen LogP contribution < -0.4 is 0 Å². The number of aromatic amines is 1. The predicted molar refractivity (Wildman–Crippen MR) is 53.5 cm³/mol. The van der Waals surface area contributed by atoms with E-state index >= 15 is 0 Å². The van der Waals surface area contributed by atoms with Crippen molar-refractivity contribution in [1.82, 2.24) is 9.97 Å². The van der Waals surface area contributed by atoms with Crippen LogP contribution in [0.25, 0.3) is 11.0 Å². The minimum absolute atomic E-state index is 0.972. The number of fused-ring (bicyclic) bond motifs is 1. The third kappa shape index (κ3) is 1.24. The van der Waals surface area contributed by atoms with Crippen LogP contribution in [0.5, 0.6) is 0 Å². The van der Waals surface area contributed by atoms with E-state index < -0.39 is 0 Å². The molecule has 2 aromatic heterocycles. The Bertz CT molecular complexity index is 392. The SMILES string of the molecule is Cc1cnc2[nH]c(I)cc2c1. The summed E-state index contributed by atoms with van der Waals surface area (Å²) in [6.07, 6.45) is 1.87. The summed E-state index contributed by atoms with van der Waals surface area (Å²) in [5.74, 6) is 0. The van der Waals surface area contributed by atoms with Gasteiger partial charge in [-0.3, -0.25) is 0 Å². The molecular weight excluding hydrogens is 251 g/mol. The van der Waals surface area contributed by atoms with Crippen molar-refractivity contribution in [3.63, 3.8) is 0 Å². The van der Waals surface area contributed by atoms with Crippen molar-refractivity contribution < 1.29 is 0 Å². The minimum atomic E-state index is 0.972. The number of rotatable bonds is 0. The molecule has 2 rings (SSSR count). The molecule has 2 nitrogen and oxygen atoms in total. The smallest absolute Gasteiger partial charge is 0.138 e. The average molecular weight is 258 g/mol. The van der Waals surface area contributed by atoms with Gasteiger partial charge >= 0.3 is 0 Å². The van der Waals surface area contributed by atoms with Crippen LogP contribution in [0.4, 0.5) is 0 Å². The topological polar surface area (TPSA) is 28.7 Å². The van der Waals surface area contributed by atoms with Gasteiger partial charge in [0.1, 0.15) is 5.65 Å². The van der Waals surface area contributed by atoms with E-state index in [1.54, 1.807) is 0 Å². The molecule has 56 valence electrons. The van der Waals surface area contributed by atoms with E-state index in [9.17, 15) is 0 Å². The number of hydrogen-bond acceptors (Lipinski definition) is 1. The monoisotopic (exact) mass is 258 g/mol. The molecule has 0 bridgehead atoms. The van der Waals surface area contributed by atoms with Gasteiger partial charge in [-0.25, -0.2) is 4.98 Å². The van der Waals surface area contributed by atoms with Crippen LogP contribution in [0.1, 0.15) is 5.56 Å². The van der Waals surface area contributed by atoms with E-state index in [4.69, 9.17) is 0 Å². The number of nitrogens with zero attached hydrogens (tertiary/aromatic N) is 1. The molecule has 0 unspecified atom stereocenters. The van der Waals surface area contributed by atoms with Gasteiger partial charge in [0.05, 0.1) is 3.70 Å². The molecule has 0 radical (unpaired) electrons. The predicted octanol–water partition coefficient (Wildman–Crippen LogP) is 2.48. The number of H-pyrrole nitrogens is 1. The second-order valence-corrected chi connectivity index (χ2v) is 3.73. The zero-order valence-electron chi connectivity index (χ0n) is 6.06. The Balaban J connectivity index is 2.82. The van der Waals surface area contributed by atoms with E-state index in [0.29, 0.717) is 0 Å². The summed E-state index contributed by atoms with van der Waals surface area (Å²) in [7, 11) is 0. The number of halogens is 1. The van der Waals surface area contributed by atoms with Gasteiger partial charge in [0.15, 0.2) is 0 Å². The van der Waals surface area contributed by atoms with Gasteiger partial charge in [-0.2, -0.15) is 0 Å². The lowest BCUT2D eigenvalue weighted by Gasteiger charge is -1.89. The summed E-state index contributed by atoms with van der Waals surface area (Å²) in [6, 6.07) is 4.22. The summed E-state index contributed by atoms with van der Waals surface area (Å²) >= 11 is 2.25. The molecule has 0 fully saturated rings. The molecule has 0 saturated heterocycles. The second kappa shape index (κ2) is 2.48. The number of nitrogens with one attached hydrogen (secondary N) is 1. The van der Waals surface area contributed by atoms with Gasteiger partial charge in [-0.05, 0) is 47.2 Å². The second-order valence-electron chi connectivity index (χ2n) is 2.57. The fourth-order valence-electron chi connectivity index (χ4n) is 1.09. The van der Waals surface area contributed by atoms with Crippen LogP contribution in [0.3, 0.4) is 0 Å². The first-order chi connectivity index (χ1) is 5.25. The van der Waals surface area contributed by atoms with Gasteiger partial charge in [-0.1, -0.05) is 0 Å². The number of hydrogen-bond donors (Lipinski definition) is 1. The molecule has 0 spiro atoms. The fraction of sp³-hybridized carbons (Fsp3) is 0.125. The van der Waals surface area contributed by atoms with Crippen molar-refractivity contribution in [3.8, 4) is 0 Å². The molecular formula is C8H7IN2. The van der Waals surface area contributed by atoms with E-state index in [0.717, 1.165) is 9.35 Å². The van der Waals surface area contributed by atoms with Crippen molar-refractivity contribution in [2.24, 2.45) is 0 Å². The lowest BCUT2D eigenvalue weighted by molar-refractivity contribution is 1.27. The van der Waals surface area contributed by atoms with Crippen LogP contribution in [0.15, 0.2) is 18.3 Å². The number of pyridine rings is 1. The lowest BCUT2D eigenvalue weighted by atomic mass is 10.2. The average Bonchev–Trinajstić information content (AvgIpc) is 2.27. The first-order valence-electron chi connectivity index (χ1n) is 3.36.